The number of alkyl carbamates (subject to hydrolysis) is 1. The van der Waals surface area contributed by atoms with Gasteiger partial charge < -0.3 is 25.6 Å². The number of rotatable bonds is 9. The van der Waals surface area contributed by atoms with E-state index in [0.717, 1.165) is 22.3 Å². The molecule has 1 aliphatic carbocycles. The summed E-state index contributed by atoms with van der Waals surface area (Å²) in [7, 11) is 1.67. The van der Waals surface area contributed by atoms with Gasteiger partial charge >= 0.3 is 12.1 Å². The Hall–Kier alpha value is -4.18. The second-order valence-corrected chi connectivity index (χ2v) is 8.35. The van der Waals surface area contributed by atoms with Crippen LogP contribution in [0.15, 0.2) is 60.9 Å². The van der Waals surface area contributed by atoms with Gasteiger partial charge in [-0.2, -0.15) is 5.10 Å². The van der Waals surface area contributed by atoms with Crippen molar-refractivity contribution in [3.05, 3.63) is 77.6 Å². The molecule has 2 aromatic carbocycles. The second-order valence-electron chi connectivity index (χ2n) is 8.35. The largest absolute Gasteiger partial charge is 0.481 e. The summed E-state index contributed by atoms with van der Waals surface area (Å²) in [4.78, 5) is 36.3. The fraction of sp³-hybridized carbons (Fsp3) is 0.280. The van der Waals surface area contributed by atoms with Gasteiger partial charge in [0, 0.05) is 31.3 Å². The predicted octanol–water partition coefficient (Wildman–Crippen LogP) is 1.95. The quantitative estimate of drug-likeness (QED) is 0.368. The van der Waals surface area contributed by atoms with Crippen molar-refractivity contribution >= 4 is 18.0 Å². The lowest BCUT2D eigenvalue weighted by molar-refractivity contribution is -0.139. The molecule has 1 aromatic heterocycles. The van der Waals surface area contributed by atoms with Crippen LogP contribution in [0.25, 0.3) is 11.1 Å². The molecule has 4 rings (SSSR count). The summed E-state index contributed by atoms with van der Waals surface area (Å²) in [6.45, 7) is -0.202. The lowest BCUT2D eigenvalue weighted by Gasteiger charge is -2.19. The molecule has 4 N–H and O–H groups in total. The van der Waals surface area contributed by atoms with Gasteiger partial charge in [0.05, 0.1) is 18.7 Å². The van der Waals surface area contributed by atoms with Crippen LogP contribution >= 0.6 is 0 Å². The Bertz CT molecular complexity index is 1190. The van der Waals surface area contributed by atoms with E-state index in [0.29, 0.717) is 5.56 Å². The molecule has 0 bridgehead atoms. The third-order valence-corrected chi connectivity index (χ3v) is 5.85. The molecule has 3 aromatic rings. The Morgan fingerprint density at radius 1 is 1.09 bits per heavy atom. The number of aliphatic hydroxyl groups is 1. The number of aliphatic hydroxyl groups excluding tert-OH is 1. The first-order chi connectivity index (χ1) is 16.8. The highest BCUT2D eigenvalue weighted by Gasteiger charge is 2.30. The standard InChI is InChI=1S/C25H26N4O6/c1-29-13-15(11-27-29)23(24(33)26-12-16(30)10-22(31)32)28-25(34)35-14-21-19-8-4-2-6-17(19)18-7-3-5-9-20(18)21/h2-9,11,13,16,21,23,30H,10,12,14H2,1H3,(H,26,33)(H,28,34)(H,31,32). The average molecular weight is 479 g/mol. The second kappa shape index (κ2) is 10.4. The van der Waals surface area contributed by atoms with Crippen molar-refractivity contribution in [3.63, 3.8) is 0 Å². The predicted molar refractivity (Wildman–Crippen MR) is 125 cm³/mol. The first-order valence-electron chi connectivity index (χ1n) is 11.1. The van der Waals surface area contributed by atoms with E-state index in [9.17, 15) is 19.5 Å². The molecule has 0 aliphatic heterocycles. The Morgan fingerprint density at radius 3 is 2.29 bits per heavy atom. The van der Waals surface area contributed by atoms with Crippen LogP contribution < -0.4 is 10.6 Å². The molecular weight excluding hydrogens is 452 g/mol. The van der Waals surface area contributed by atoms with Gasteiger partial charge in [0.2, 0.25) is 5.91 Å². The topological polar surface area (TPSA) is 143 Å². The average Bonchev–Trinajstić information content (AvgIpc) is 3.40. The van der Waals surface area contributed by atoms with Crippen LogP contribution in [0.2, 0.25) is 0 Å². The van der Waals surface area contributed by atoms with E-state index < -0.39 is 36.5 Å². The van der Waals surface area contributed by atoms with Crippen molar-refractivity contribution in [3.8, 4) is 11.1 Å². The van der Waals surface area contributed by atoms with Crippen LogP contribution in [-0.2, 0) is 21.4 Å². The molecule has 2 atom stereocenters. The number of carbonyl (C=O) groups is 3. The zero-order valence-electron chi connectivity index (χ0n) is 19.0. The SMILES string of the molecule is Cn1cc(C(NC(=O)OCC2c3ccccc3-c3ccccc32)C(=O)NCC(O)CC(=O)O)cn1. The van der Waals surface area contributed by atoms with Crippen molar-refractivity contribution in [1.82, 2.24) is 20.4 Å². The summed E-state index contributed by atoms with van der Waals surface area (Å²) in [6.07, 6.45) is 0.434. The maximum Gasteiger partial charge on any atom is 0.408 e. The minimum Gasteiger partial charge on any atom is -0.481 e. The number of amides is 2. The monoisotopic (exact) mass is 478 g/mol. The van der Waals surface area contributed by atoms with Crippen LogP contribution in [0.3, 0.4) is 0 Å². The molecule has 35 heavy (non-hydrogen) atoms. The molecule has 2 amide bonds. The molecule has 0 saturated heterocycles. The van der Waals surface area contributed by atoms with Crippen LogP contribution in [-0.4, -0.2) is 57.2 Å². The van der Waals surface area contributed by atoms with Crippen LogP contribution in [0.5, 0.6) is 0 Å². The molecule has 10 nitrogen and oxygen atoms in total. The number of nitrogens with zero attached hydrogens (tertiary/aromatic N) is 2. The molecule has 182 valence electrons. The van der Waals surface area contributed by atoms with E-state index in [1.807, 2.05) is 48.5 Å². The smallest absolute Gasteiger partial charge is 0.408 e. The molecule has 0 radical (unpaired) electrons. The van der Waals surface area contributed by atoms with Gasteiger partial charge in [-0.25, -0.2) is 4.79 Å². The molecule has 0 spiro atoms. The van der Waals surface area contributed by atoms with Gasteiger partial charge in [-0.05, 0) is 22.3 Å². The van der Waals surface area contributed by atoms with Crippen molar-refractivity contribution in [2.75, 3.05) is 13.2 Å². The van der Waals surface area contributed by atoms with Crippen molar-refractivity contribution < 1.29 is 29.3 Å². The van der Waals surface area contributed by atoms with Crippen molar-refractivity contribution in [2.24, 2.45) is 7.05 Å². The molecule has 0 saturated carbocycles. The van der Waals surface area contributed by atoms with E-state index in [-0.39, 0.29) is 19.1 Å². The van der Waals surface area contributed by atoms with Gasteiger partial charge in [0.1, 0.15) is 12.6 Å². The minimum atomic E-state index is -1.26. The zero-order valence-corrected chi connectivity index (χ0v) is 19.0. The van der Waals surface area contributed by atoms with Gasteiger partial charge in [0.25, 0.3) is 0 Å². The Morgan fingerprint density at radius 2 is 1.71 bits per heavy atom. The maximum atomic E-state index is 12.8. The molecular formula is C25H26N4O6. The number of hydrogen-bond acceptors (Lipinski definition) is 6. The summed E-state index contributed by atoms with van der Waals surface area (Å²) in [5.74, 6) is -1.95. The van der Waals surface area contributed by atoms with Crippen molar-refractivity contribution in [2.45, 2.75) is 24.5 Å². The number of fused-ring (bicyclic) bond motifs is 3. The summed E-state index contributed by atoms with van der Waals surface area (Å²) in [6, 6.07) is 14.8. The number of hydrogen-bond donors (Lipinski definition) is 4. The third-order valence-electron chi connectivity index (χ3n) is 5.85. The van der Waals surface area contributed by atoms with Gasteiger partial charge in [0.15, 0.2) is 0 Å². The fourth-order valence-corrected chi connectivity index (χ4v) is 4.24. The number of benzene rings is 2. The van der Waals surface area contributed by atoms with E-state index in [1.54, 1.807) is 13.2 Å². The fourth-order valence-electron chi connectivity index (χ4n) is 4.24. The van der Waals surface area contributed by atoms with Gasteiger partial charge in [-0.15, -0.1) is 0 Å². The number of ether oxygens (including phenoxy) is 1. The number of carboxylic acid groups (broad SMARTS) is 1. The molecule has 10 heteroatoms. The first kappa shape index (κ1) is 24.0. The maximum absolute atomic E-state index is 12.8. The molecule has 1 aliphatic rings. The number of carbonyl (C=O) groups excluding carboxylic acids is 2. The van der Waals surface area contributed by atoms with Crippen LogP contribution in [0, 0.1) is 0 Å². The first-order valence-corrected chi connectivity index (χ1v) is 11.1. The minimum absolute atomic E-state index is 0.0819. The Labute approximate surface area is 201 Å². The Kier molecular flexibility index (Phi) is 7.11. The number of carboxylic acids is 1. The molecule has 2 unspecified atom stereocenters. The van der Waals surface area contributed by atoms with Crippen molar-refractivity contribution in [1.29, 1.82) is 0 Å². The van der Waals surface area contributed by atoms with Gasteiger partial charge in [-0.1, -0.05) is 48.5 Å². The normalized spacial score (nSPS) is 13.9. The van der Waals surface area contributed by atoms with E-state index in [1.165, 1.54) is 10.9 Å². The Balaban J connectivity index is 1.43. The van der Waals surface area contributed by atoms with E-state index >= 15 is 0 Å². The van der Waals surface area contributed by atoms with E-state index in [2.05, 4.69) is 15.7 Å². The lowest BCUT2D eigenvalue weighted by Crippen LogP contribution is -2.43. The summed E-state index contributed by atoms with van der Waals surface area (Å²) in [5.41, 5.74) is 4.74. The number of aryl methyl sites for hydroxylation is 1. The molecule has 1 heterocycles. The summed E-state index contributed by atoms with van der Waals surface area (Å²) >= 11 is 0. The third kappa shape index (κ3) is 5.49. The number of aromatic nitrogens is 2. The van der Waals surface area contributed by atoms with Crippen LogP contribution in [0.1, 0.15) is 35.1 Å². The highest BCUT2D eigenvalue weighted by Crippen LogP contribution is 2.44. The van der Waals surface area contributed by atoms with Gasteiger partial charge in [-0.3, -0.25) is 14.3 Å². The lowest BCUT2D eigenvalue weighted by atomic mass is 9.98. The number of nitrogens with one attached hydrogen (secondary N) is 2. The highest BCUT2D eigenvalue weighted by molar-refractivity contribution is 5.87. The zero-order chi connectivity index (χ0) is 24.9. The molecule has 0 fully saturated rings. The number of aliphatic carboxylic acids is 1. The van der Waals surface area contributed by atoms with Crippen LogP contribution in [0.4, 0.5) is 4.79 Å². The summed E-state index contributed by atoms with van der Waals surface area (Å²) in [5, 5.41) is 27.6. The highest BCUT2D eigenvalue weighted by atomic mass is 16.5. The van der Waals surface area contributed by atoms with E-state index in [4.69, 9.17) is 9.84 Å². The summed E-state index contributed by atoms with van der Waals surface area (Å²) < 4.78 is 7.02.